The largest absolute Gasteiger partial charge is 0.495 e. The minimum Gasteiger partial charge on any atom is -0.495 e. The number of nitrogens with one attached hydrogen (secondary N) is 1. The van der Waals surface area contributed by atoms with Crippen LogP contribution in [0.4, 0.5) is 0 Å². The van der Waals surface area contributed by atoms with Crippen molar-refractivity contribution in [2.75, 3.05) is 13.7 Å². The van der Waals surface area contributed by atoms with Crippen molar-refractivity contribution in [2.45, 2.75) is 26.8 Å². The highest BCUT2D eigenvalue weighted by Gasteiger charge is 2.22. The van der Waals surface area contributed by atoms with E-state index in [1.165, 1.54) is 0 Å². The highest BCUT2D eigenvalue weighted by atomic mass is 35.5. The fourth-order valence-corrected chi connectivity index (χ4v) is 2.11. The third-order valence-corrected chi connectivity index (χ3v) is 3.10. The average Bonchev–Trinajstić information content (AvgIpc) is 2.34. The lowest BCUT2D eigenvalue weighted by Gasteiger charge is -2.20. The molecule has 0 saturated heterocycles. The maximum Gasteiger partial charge on any atom is 0.180 e. The molecule has 1 aromatic rings. The fraction of sp³-hybridized carbons (Fsp3) is 0.500. The molecule has 1 aromatic carbocycles. The Labute approximate surface area is 113 Å². The van der Waals surface area contributed by atoms with Gasteiger partial charge in [0.15, 0.2) is 5.78 Å². The summed E-state index contributed by atoms with van der Waals surface area (Å²) in [7, 11) is 1.55. The lowest BCUT2D eigenvalue weighted by molar-refractivity contribution is 0.0918. The summed E-state index contributed by atoms with van der Waals surface area (Å²) >= 11 is 6.04. The van der Waals surface area contributed by atoms with Gasteiger partial charge in [-0.25, -0.2) is 0 Å². The summed E-state index contributed by atoms with van der Waals surface area (Å²) in [6.45, 7) is 6.80. The first-order chi connectivity index (χ1) is 8.51. The van der Waals surface area contributed by atoms with E-state index >= 15 is 0 Å². The number of carbonyl (C=O) groups excluding carboxylic acids is 1. The number of carbonyl (C=O) groups is 1. The maximum absolute atomic E-state index is 12.4. The van der Waals surface area contributed by atoms with E-state index in [1.807, 2.05) is 20.8 Å². The lowest BCUT2D eigenvalue weighted by Crippen LogP contribution is -2.40. The van der Waals surface area contributed by atoms with Crippen molar-refractivity contribution in [3.05, 3.63) is 28.8 Å². The molecule has 1 unspecified atom stereocenters. The molecule has 0 aromatic heterocycles. The maximum atomic E-state index is 12.4. The van der Waals surface area contributed by atoms with Gasteiger partial charge in [-0.3, -0.25) is 4.79 Å². The molecule has 4 heteroatoms. The molecule has 0 aliphatic rings. The van der Waals surface area contributed by atoms with Crippen molar-refractivity contribution in [2.24, 2.45) is 5.92 Å². The number of rotatable bonds is 6. The Hall–Kier alpha value is -1.06. The van der Waals surface area contributed by atoms with E-state index < -0.39 is 0 Å². The number of likely N-dealkylation sites (N-methyl/N-ethyl adjacent to an activating group) is 1. The topological polar surface area (TPSA) is 38.3 Å². The van der Waals surface area contributed by atoms with Crippen molar-refractivity contribution in [1.82, 2.24) is 5.32 Å². The van der Waals surface area contributed by atoms with Gasteiger partial charge in [-0.2, -0.15) is 0 Å². The molecule has 0 aliphatic carbocycles. The molecule has 0 radical (unpaired) electrons. The van der Waals surface area contributed by atoms with Gasteiger partial charge in [0.2, 0.25) is 0 Å². The van der Waals surface area contributed by atoms with Gasteiger partial charge in [0, 0.05) is 5.56 Å². The zero-order valence-corrected chi connectivity index (χ0v) is 12.0. The van der Waals surface area contributed by atoms with Gasteiger partial charge in [-0.1, -0.05) is 32.4 Å². The minimum absolute atomic E-state index is 0.0661. The summed E-state index contributed by atoms with van der Waals surface area (Å²) in [6, 6.07) is 4.95. The predicted octanol–water partition coefficient (Wildman–Crippen LogP) is 3.17. The second-order valence-electron chi connectivity index (χ2n) is 4.49. The SMILES string of the molecule is CCNC(C(=O)c1ccc(OC)c(Cl)c1)C(C)C. The van der Waals surface area contributed by atoms with Gasteiger partial charge in [0.1, 0.15) is 5.75 Å². The van der Waals surface area contributed by atoms with Crippen LogP contribution in [0.15, 0.2) is 18.2 Å². The number of Topliss-reactive ketones (excluding diaryl/α,β-unsaturated/α-hetero) is 1. The standard InChI is InChI=1S/C14H20ClNO2/c1-5-16-13(9(2)3)14(17)10-6-7-12(18-4)11(15)8-10/h6-9,13,16H,5H2,1-4H3. The second kappa shape index (κ2) is 6.76. The van der Waals surface area contributed by atoms with Crippen LogP contribution in [0, 0.1) is 5.92 Å². The van der Waals surface area contributed by atoms with Crippen LogP contribution in [-0.4, -0.2) is 25.5 Å². The van der Waals surface area contributed by atoms with E-state index in [0.29, 0.717) is 16.3 Å². The molecule has 100 valence electrons. The zero-order valence-electron chi connectivity index (χ0n) is 11.3. The highest BCUT2D eigenvalue weighted by Crippen LogP contribution is 2.26. The molecule has 1 N–H and O–H groups in total. The first-order valence-electron chi connectivity index (χ1n) is 6.12. The van der Waals surface area contributed by atoms with Crippen molar-refractivity contribution >= 4 is 17.4 Å². The van der Waals surface area contributed by atoms with Gasteiger partial charge in [-0.05, 0) is 30.7 Å². The van der Waals surface area contributed by atoms with Crippen molar-refractivity contribution in [3.63, 3.8) is 0 Å². The number of ketones is 1. The molecular weight excluding hydrogens is 250 g/mol. The molecule has 0 heterocycles. The second-order valence-corrected chi connectivity index (χ2v) is 4.90. The predicted molar refractivity (Wildman–Crippen MR) is 74.6 cm³/mol. The van der Waals surface area contributed by atoms with Crippen LogP contribution in [0.3, 0.4) is 0 Å². The highest BCUT2D eigenvalue weighted by molar-refractivity contribution is 6.32. The van der Waals surface area contributed by atoms with E-state index in [0.717, 1.165) is 6.54 Å². The van der Waals surface area contributed by atoms with Crippen LogP contribution in [0.25, 0.3) is 0 Å². The summed E-state index contributed by atoms with van der Waals surface area (Å²) in [6.07, 6.45) is 0. The molecule has 3 nitrogen and oxygen atoms in total. The monoisotopic (exact) mass is 269 g/mol. The molecule has 0 bridgehead atoms. The van der Waals surface area contributed by atoms with E-state index in [1.54, 1.807) is 25.3 Å². The third-order valence-electron chi connectivity index (χ3n) is 2.81. The van der Waals surface area contributed by atoms with E-state index in [-0.39, 0.29) is 17.7 Å². The Morgan fingerprint density at radius 2 is 2.11 bits per heavy atom. The van der Waals surface area contributed by atoms with Crippen molar-refractivity contribution < 1.29 is 9.53 Å². The summed E-state index contributed by atoms with van der Waals surface area (Å²) in [4.78, 5) is 12.4. The number of halogens is 1. The Morgan fingerprint density at radius 1 is 1.44 bits per heavy atom. The third kappa shape index (κ3) is 3.47. The normalized spacial score (nSPS) is 12.6. The molecule has 0 saturated carbocycles. The molecule has 0 amide bonds. The Bertz CT molecular complexity index is 418. The summed E-state index contributed by atoms with van der Waals surface area (Å²) < 4.78 is 5.08. The average molecular weight is 270 g/mol. The van der Waals surface area contributed by atoms with Crippen LogP contribution in [0.2, 0.25) is 5.02 Å². The molecule has 0 aliphatic heterocycles. The van der Waals surface area contributed by atoms with Crippen LogP contribution in [0.1, 0.15) is 31.1 Å². The fourth-order valence-electron chi connectivity index (χ4n) is 1.85. The smallest absolute Gasteiger partial charge is 0.180 e. The lowest BCUT2D eigenvalue weighted by atomic mass is 9.95. The minimum atomic E-state index is -0.181. The van der Waals surface area contributed by atoms with Gasteiger partial charge in [0.05, 0.1) is 18.2 Å². The Morgan fingerprint density at radius 3 is 2.56 bits per heavy atom. The molecule has 1 atom stereocenters. The Balaban J connectivity index is 2.98. The number of hydrogen-bond donors (Lipinski definition) is 1. The zero-order chi connectivity index (χ0) is 13.7. The van der Waals surface area contributed by atoms with Crippen molar-refractivity contribution in [3.8, 4) is 5.75 Å². The molecule has 18 heavy (non-hydrogen) atoms. The van der Waals surface area contributed by atoms with Crippen LogP contribution < -0.4 is 10.1 Å². The molecule has 0 spiro atoms. The van der Waals surface area contributed by atoms with Crippen molar-refractivity contribution in [1.29, 1.82) is 0 Å². The molecule has 1 rings (SSSR count). The van der Waals surface area contributed by atoms with Gasteiger partial charge in [0.25, 0.3) is 0 Å². The van der Waals surface area contributed by atoms with E-state index in [9.17, 15) is 4.79 Å². The summed E-state index contributed by atoms with van der Waals surface area (Å²) in [5, 5.41) is 3.67. The van der Waals surface area contributed by atoms with E-state index in [4.69, 9.17) is 16.3 Å². The summed E-state index contributed by atoms with van der Waals surface area (Å²) in [5.74, 6) is 0.882. The number of methoxy groups -OCH3 is 1. The van der Waals surface area contributed by atoms with Gasteiger partial charge < -0.3 is 10.1 Å². The van der Waals surface area contributed by atoms with Gasteiger partial charge >= 0.3 is 0 Å². The van der Waals surface area contributed by atoms with Crippen LogP contribution >= 0.6 is 11.6 Å². The Kier molecular flexibility index (Phi) is 5.63. The molecule has 0 fully saturated rings. The van der Waals surface area contributed by atoms with Crippen LogP contribution in [0.5, 0.6) is 5.75 Å². The first-order valence-corrected chi connectivity index (χ1v) is 6.50. The number of ether oxygens (including phenoxy) is 1. The quantitative estimate of drug-likeness (QED) is 0.806. The number of benzene rings is 1. The van der Waals surface area contributed by atoms with Gasteiger partial charge in [-0.15, -0.1) is 0 Å². The number of hydrogen-bond acceptors (Lipinski definition) is 3. The molecular formula is C14H20ClNO2. The first kappa shape index (κ1) is 15.0. The summed E-state index contributed by atoms with van der Waals surface area (Å²) in [5.41, 5.74) is 0.612. The van der Waals surface area contributed by atoms with Crippen LogP contribution in [-0.2, 0) is 0 Å². The van der Waals surface area contributed by atoms with E-state index in [2.05, 4.69) is 5.32 Å².